The predicted octanol–water partition coefficient (Wildman–Crippen LogP) is 2.34. The van der Waals surface area contributed by atoms with E-state index in [-0.39, 0.29) is 0 Å². The van der Waals surface area contributed by atoms with E-state index in [0.29, 0.717) is 5.89 Å². The number of anilines is 1. The monoisotopic (exact) mass is 215 g/mol. The molecule has 82 valence electrons. The first-order chi connectivity index (χ1) is 7.93. The van der Waals surface area contributed by atoms with Crippen LogP contribution in [0.1, 0.15) is 12.8 Å². The van der Waals surface area contributed by atoms with Gasteiger partial charge >= 0.3 is 0 Å². The summed E-state index contributed by atoms with van der Waals surface area (Å²) in [5.74, 6) is 1.32. The zero-order valence-electron chi connectivity index (χ0n) is 8.97. The van der Waals surface area contributed by atoms with Crippen molar-refractivity contribution in [1.82, 2.24) is 10.1 Å². The van der Waals surface area contributed by atoms with Crippen molar-refractivity contribution in [2.24, 2.45) is 0 Å². The lowest BCUT2D eigenvalue weighted by Crippen LogP contribution is -2.18. The Morgan fingerprint density at radius 1 is 1.06 bits per heavy atom. The van der Waals surface area contributed by atoms with Crippen molar-refractivity contribution in [2.45, 2.75) is 12.8 Å². The largest absolute Gasteiger partial charge is 0.338 e. The molecule has 16 heavy (non-hydrogen) atoms. The van der Waals surface area contributed by atoms with E-state index in [1.54, 1.807) is 0 Å². The van der Waals surface area contributed by atoms with Crippen molar-refractivity contribution in [3.8, 4) is 11.5 Å². The minimum absolute atomic E-state index is 0.600. The molecule has 0 bridgehead atoms. The average molecular weight is 215 g/mol. The van der Waals surface area contributed by atoms with Crippen LogP contribution in [0.15, 0.2) is 34.9 Å². The molecule has 1 saturated heterocycles. The van der Waals surface area contributed by atoms with Gasteiger partial charge in [-0.3, -0.25) is 0 Å². The third-order valence-electron chi connectivity index (χ3n) is 2.82. The Hall–Kier alpha value is -1.84. The lowest BCUT2D eigenvalue weighted by Gasteiger charge is -2.09. The van der Waals surface area contributed by atoms with Gasteiger partial charge in [-0.1, -0.05) is 18.2 Å². The van der Waals surface area contributed by atoms with Crippen molar-refractivity contribution in [3.05, 3.63) is 30.3 Å². The topological polar surface area (TPSA) is 42.2 Å². The van der Waals surface area contributed by atoms with Crippen LogP contribution in [0, 0.1) is 0 Å². The van der Waals surface area contributed by atoms with Gasteiger partial charge in [-0.15, -0.1) is 0 Å². The summed E-state index contributed by atoms with van der Waals surface area (Å²) in [5, 5.41) is 4.01. The molecule has 4 heteroatoms. The molecule has 0 saturated carbocycles. The maximum atomic E-state index is 5.26. The zero-order chi connectivity index (χ0) is 10.8. The van der Waals surface area contributed by atoms with Crippen LogP contribution in [0.5, 0.6) is 0 Å². The van der Waals surface area contributed by atoms with Gasteiger partial charge in [0, 0.05) is 18.7 Å². The van der Waals surface area contributed by atoms with E-state index in [9.17, 15) is 0 Å². The lowest BCUT2D eigenvalue weighted by molar-refractivity contribution is 0.430. The van der Waals surface area contributed by atoms with Crippen LogP contribution < -0.4 is 4.90 Å². The number of hydrogen-bond acceptors (Lipinski definition) is 4. The highest BCUT2D eigenvalue weighted by atomic mass is 16.5. The van der Waals surface area contributed by atoms with E-state index in [1.165, 1.54) is 12.8 Å². The molecule has 0 radical (unpaired) electrons. The predicted molar refractivity (Wildman–Crippen MR) is 61.2 cm³/mol. The Morgan fingerprint density at radius 2 is 1.81 bits per heavy atom. The molecule has 0 unspecified atom stereocenters. The summed E-state index contributed by atoms with van der Waals surface area (Å²) >= 11 is 0. The molecule has 1 aromatic carbocycles. The van der Waals surface area contributed by atoms with Gasteiger partial charge < -0.3 is 9.42 Å². The highest BCUT2D eigenvalue weighted by Crippen LogP contribution is 2.21. The Kier molecular flexibility index (Phi) is 2.33. The fraction of sp³-hybridized carbons (Fsp3) is 0.333. The van der Waals surface area contributed by atoms with Gasteiger partial charge in [0.25, 0.3) is 11.8 Å². The fourth-order valence-corrected chi connectivity index (χ4v) is 1.96. The molecule has 3 rings (SSSR count). The van der Waals surface area contributed by atoms with Crippen LogP contribution in [0.3, 0.4) is 0 Å². The van der Waals surface area contributed by atoms with Crippen LogP contribution >= 0.6 is 0 Å². The summed E-state index contributed by atoms with van der Waals surface area (Å²) < 4.78 is 5.26. The van der Waals surface area contributed by atoms with Gasteiger partial charge in [0.15, 0.2) is 0 Å². The second kappa shape index (κ2) is 3.96. The number of rotatable bonds is 2. The van der Waals surface area contributed by atoms with Crippen LogP contribution in [0.2, 0.25) is 0 Å². The summed E-state index contributed by atoms with van der Waals surface area (Å²) in [4.78, 5) is 6.57. The summed E-state index contributed by atoms with van der Waals surface area (Å²) in [6.07, 6.45) is 2.43. The first-order valence-corrected chi connectivity index (χ1v) is 5.57. The first-order valence-electron chi connectivity index (χ1n) is 5.57. The second-order valence-corrected chi connectivity index (χ2v) is 3.96. The maximum Gasteiger partial charge on any atom is 0.266 e. The summed E-state index contributed by atoms with van der Waals surface area (Å²) in [6, 6.07) is 9.86. The summed E-state index contributed by atoms with van der Waals surface area (Å²) in [5.41, 5.74) is 0.973. The van der Waals surface area contributed by atoms with Gasteiger partial charge in [0.1, 0.15) is 0 Å². The van der Waals surface area contributed by atoms with Crippen LogP contribution in [-0.2, 0) is 0 Å². The Balaban J connectivity index is 1.87. The molecule has 1 aliphatic heterocycles. The van der Waals surface area contributed by atoms with E-state index in [4.69, 9.17) is 4.52 Å². The van der Waals surface area contributed by atoms with E-state index in [2.05, 4.69) is 15.0 Å². The number of nitrogens with zero attached hydrogens (tertiary/aromatic N) is 3. The Bertz CT molecular complexity index is 460. The molecule has 2 heterocycles. The molecule has 0 amide bonds. The number of aromatic nitrogens is 2. The molecule has 0 spiro atoms. The third-order valence-corrected chi connectivity index (χ3v) is 2.82. The van der Waals surface area contributed by atoms with E-state index >= 15 is 0 Å². The number of benzene rings is 1. The fourth-order valence-electron chi connectivity index (χ4n) is 1.96. The Morgan fingerprint density at radius 3 is 2.56 bits per heavy atom. The molecular formula is C12H13N3O. The van der Waals surface area contributed by atoms with Crippen LogP contribution in [-0.4, -0.2) is 23.2 Å². The summed E-state index contributed by atoms with van der Waals surface area (Å²) in [7, 11) is 0. The van der Waals surface area contributed by atoms with Gasteiger partial charge in [0.05, 0.1) is 0 Å². The van der Waals surface area contributed by atoms with Gasteiger partial charge in [-0.05, 0) is 30.1 Å². The van der Waals surface area contributed by atoms with Crippen molar-refractivity contribution >= 4 is 5.95 Å². The lowest BCUT2D eigenvalue weighted by atomic mass is 10.2. The highest BCUT2D eigenvalue weighted by Gasteiger charge is 2.18. The van der Waals surface area contributed by atoms with Crippen molar-refractivity contribution in [3.63, 3.8) is 0 Å². The number of hydrogen-bond donors (Lipinski definition) is 0. The SMILES string of the molecule is c1ccc(-c2nc(N3CCCC3)no2)cc1. The minimum atomic E-state index is 0.600. The maximum absolute atomic E-state index is 5.26. The van der Waals surface area contributed by atoms with Crippen LogP contribution in [0.25, 0.3) is 11.5 Å². The average Bonchev–Trinajstić information content (AvgIpc) is 3.01. The third kappa shape index (κ3) is 1.66. The molecule has 4 nitrogen and oxygen atoms in total. The van der Waals surface area contributed by atoms with E-state index in [1.807, 2.05) is 30.3 Å². The smallest absolute Gasteiger partial charge is 0.266 e. The van der Waals surface area contributed by atoms with Crippen molar-refractivity contribution in [2.75, 3.05) is 18.0 Å². The molecule has 0 atom stereocenters. The Labute approximate surface area is 93.9 Å². The van der Waals surface area contributed by atoms with E-state index in [0.717, 1.165) is 24.6 Å². The molecule has 0 aliphatic carbocycles. The van der Waals surface area contributed by atoms with Gasteiger partial charge in [-0.25, -0.2) is 0 Å². The normalized spacial score (nSPS) is 15.6. The van der Waals surface area contributed by atoms with Crippen molar-refractivity contribution in [1.29, 1.82) is 0 Å². The quantitative estimate of drug-likeness (QED) is 0.771. The minimum Gasteiger partial charge on any atom is -0.338 e. The summed E-state index contributed by atoms with van der Waals surface area (Å²) in [6.45, 7) is 2.07. The standard InChI is InChI=1S/C12H13N3O/c1-2-6-10(7-3-1)11-13-12(14-16-11)15-8-4-5-9-15/h1-3,6-7H,4-5,8-9H2. The molecule has 0 N–H and O–H groups in total. The highest BCUT2D eigenvalue weighted by molar-refractivity contribution is 5.54. The molecular weight excluding hydrogens is 202 g/mol. The zero-order valence-corrected chi connectivity index (χ0v) is 8.97. The second-order valence-electron chi connectivity index (χ2n) is 3.96. The molecule has 1 aliphatic rings. The van der Waals surface area contributed by atoms with Crippen LogP contribution in [0.4, 0.5) is 5.95 Å². The molecule has 1 fully saturated rings. The molecule has 2 aromatic rings. The van der Waals surface area contributed by atoms with E-state index < -0.39 is 0 Å². The van der Waals surface area contributed by atoms with Gasteiger partial charge in [0.2, 0.25) is 0 Å². The van der Waals surface area contributed by atoms with Gasteiger partial charge in [-0.2, -0.15) is 4.98 Å². The van der Waals surface area contributed by atoms with Crippen molar-refractivity contribution < 1.29 is 4.52 Å². The first kappa shape index (κ1) is 9.39. The molecule has 1 aromatic heterocycles.